The molecular weight excluding hydrogens is 444 g/mol. The number of benzene rings is 1. The lowest BCUT2D eigenvalue weighted by molar-refractivity contribution is -0.126. The predicted molar refractivity (Wildman–Crippen MR) is 130 cm³/mol. The van der Waals surface area contributed by atoms with Crippen molar-refractivity contribution in [2.75, 3.05) is 37.0 Å². The highest BCUT2D eigenvalue weighted by atomic mass is 32.2. The maximum absolute atomic E-state index is 12.9. The van der Waals surface area contributed by atoms with E-state index in [0.29, 0.717) is 43.1 Å². The molecule has 0 N–H and O–H groups in total. The smallest absolute Gasteiger partial charge is 0.293 e. The highest BCUT2D eigenvalue weighted by Gasteiger charge is 2.25. The number of hydrogen-bond acceptors (Lipinski definition) is 8. The SMILES string of the molecule is CCC(C)Sc1nc(SCOC=O)nc(N2CCN(C(=O)c3ccc(C)cc3)CC2)c1C. The molecule has 9 heteroatoms. The summed E-state index contributed by atoms with van der Waals surface area (Å²) in [4.78, 5) is 37.0. The van der Waals surface area contributed by atoms with Gasteiger partial charge in [0.15, 0.2) is 5.16 Å². The number of thioether (sulfide) groups is 2. The van der Waals surface area contributed by atoms with Crippen LogP contribution in [0, 0.1) is 13.8 Å². The molecule has 0 bridgehead atoms. The Morgan fingerprint density at radius 1 is 1.16 bits per heavy atom. The standard InChI is InChI=1S/C23H30N4O3S2/c1-5-17(3)32-21-18(4)20(24-23(25-21)31-15-30-14-28)26-10-12-27(13-11-26)22(29)19-8-6-16(2)7-9-19/h6-9,14,17H,5,10-13,15H2,1-4H3. The quantitative estimate of drug-likeness (QED) is 0.134. The third-order valence-electron chi connectivity index (χ3n) is 5.43. The Bertz CT molecular complexity index is 932. The molecule has 1 aliphatic rings. The molecule has 1 aliphatic heterocycles. The first kappa shape index (κ1) is 24.4. The molecule has 0 radical (unpaired) electrons. The van der Waals surface area contributed by atoms with E-state index in [4.69, 9.17) is 14.7 Å². The van der Waals surface area contributed by atoms with E-state index in [9.17, 15) is 9.59 Å². The van der Waals surface area contributed by atoms with Gasteiger partial charge in [0.2, 0.25) is 0 Å². The second-order valence-electron chi connectivity index (χ2n) is 7.77. The second-order valence-corrected chi connectivity index (χ2v) is 10.1. The van der Waals surface area contributed by atoms with Crippen LogP contribution >= 0.6 is 23.5 Å². The molecule has 0 aliphatic carbocycles. The van der Waals surface area contributed by atoms with E-state index in [2.05, 4.69) is 25.7 Å². The summed E-state index contributed by atoms with van der Waals surface area (Å²) in [6.45, 7) is 11.5. The number of anilines is 1. The van der Waals surface area contributed by atoms with Gasteiger partial charge < -0.3 is 14.5 Å². The van der Waals surface area contributed by atoms with E-state index in [-0.39, 0.29) is 11.8 Å². The van der Waals surface area contributed by atoms with Crippen LogP contribution in [0.4, 0.5) is 5.82 Å². The van der Waals surface area contributed by atoms with E-state index in [0.717, 1.165) is 34.0 Å². The summed E-state index contributed by atoms with van der Waals surface area (Å²) < 4.78 is 4.82. The molecule has 2 aromatic rings. The van der Waals surface area contributed by atoms with Gasteiger partial charge in [-0.05, 0) is 44.2 Å². The van der Waals surface area contributed by atoms with Gasteiger partial charge >= 0.3 is 0 Å². The van der Waals surface area contributed by atoms with Gasteiger partial charge in [-0.15, -0.1) is 11.8 Å². The number of aromatic nitrogens is 2. The van der Waals surface area contributed by atoms with Crippen LogP contribution in [0.25, 0.3) is 0 Å². The van der Waals surface area contributed by atoms with Crippen molar-refractivity contribution in [3.05, 3.63) is 41.0 Å². The molecule has 0 saturated carbocycles. The summed E-state index contributed by atoms with van der Waals surface area (Å²) in [5.74, 6) is 1.14. The number of amides is 1. The molecule has 1 amide bonds. The van der Waals surface area contributed by atoms with Gasteiger partial charge in [0.05, 0.1) is 0 Å². The number of carbonyl (C=O) groups is 2. The Labute approximate surface area is 198 Å². The van der Waals surface area contributed by atoms with Crippen LogP contribution in [0.3, 0.4) is 0 Å². The lowest BCUT2D eigenvalue weighted by atomic mass is 10.1. The van der Waals surface area contributed by atoms with Crippen molar-refractivity contribution >= 4 is 41.7 Å². The first-order valence-electron chi connectivity index (χ1n) is 10.8. The minimum Gasteiger partial charge on any atom is -0.456 e. The number of nitrogens with zero attached hydrogens (tertiary/aromatic N) is 4. The molecule has 172 valence electrons. The maximum atomic E-state index is 12.9. The van der Waals surface area contributed by atoms with Crippen molar-refractivity contribution in [3.63, 3.8) is 0 Å². The van der Waals surface area contributed by atoms with Crippen molar-refractivity contribution < 1.29 is 14.3 Å². The van der Waals surface area contributed by atoms with Gasteiger partial charge in [-0.3, -0.25) is 9.59 Å². The number of aryl methyl sites for hydroxylation is 1. The Hall–Kier alpha value is -2.26. The monoisotopic (exact) mass is 474 g/mol. The molecule has 32 heavy (non-hydrogen) atoms. The number of rotatable bonds is 9. The third-order valence-corrected chi connectivity index (χ3v) is 7.48. The summed E-state index contributed by atoms with van der Waals surface area (Å²) in [7, 11) is 0. The highest BCUT2D eigenvalue weighted by molar-refractivity contribution is 8.00. The summed E-state index contributed by atoms with van der Waals surface area (Å²) in [6, 6.07) is 7.72. The van der Waals surface area contributed by atoms with Crippen molar-refractivity contribution in [1.29, 1.82) is 0 Å². The molecule has 3 rings (SSSR count). The zero-order valence-electron chi connectivity index (χ0n) is 19.0. The summed E-state index contributed by atoms with van der Waals surface area (Å²) >= 11 is 3.04. The van der Waals surface area contributed by atoms with Gasteiger partial charge in [0, 0.05) is 42.6 Å². The molecule has 1 atom stereocenters. The number of ether oxygens (including phenoxy) is 1. The van der Waals surface area contributed by atoms with Crippen LogP contribution in [-0.4, -0.2) is 64.6 Å². The molecule has 1 aromatic heterocycles. The van der Waals surface area contributed by atoms with Crippen LogP contribution in [0.1, 0.15) is 41.8 Å². The lowest BCUT2D eigenvalue weighted by Crippen LogP contribution is -2.49. The number of carbonyl (C=O) groups excluding carboxylic acids is 2. The first-order valence-corrected chi connectivity index (χ1v) is 12.6. The van der Waals surface area contributed by atoms with E-state index in [1.807, 2.05) is 36.1 Å². The summed E-state index contributed by atoms with van der Waals surface area (Å²) in [5, 5.41) is 1.98. The second kappa shape index (κ2) is 11.6. The molecule has 1 aromatic carbocycles. The Balaban J connectivity index is 1.75. The average molecular weight is 475 g/mol. The van der Waals surface area contributed by atoms with Crippen LogP contribution in [-0.2, 0) is 9.53 Å². The first-order chi connectivity index (χ1) is 15.4. The van der Waals surface area contributed by atoms with Crippen molar-refractivity contribution in [2.24, 2.45) is 0 Å². The molecule has 7 nitrogen and oxygen atoms in total. The minimum atomic E-state index is 0.0688. The van der Waals surface area contributed by atoms with Crippen LogP contribution in [0.15, 0.2) is 34.4 Å². The Morgan fingerprint density at radius 2 is 1.84 bits per heavy atom. The summed E-state index contributed by atoms with van der Waals surface area (Å²) in [5.41, 5.74) is 2.92. The van der Waals surface area contributed by atoms with Crippen molar-refractivity contribution in [2.45, 2.75) is 49.5 Å². The molecule has 1 fully saturated rings. The molecule has 1 unspecified atom stereocenters. The molecular formula is C23H30N4O3S2. The lowest BCUT2D eigenvalue weighted by Gasteiger charge is -2.36. The predicted octanol–water partition coefficient (Wildman–Crippen LogP) is 4.17. The van der Waals surface area contributed by atoms with E-state index in [1.165, 1.54) is 11.8 Å². The topological polar surface area (TPSA) is 75.6 Å². The third kappa shape index (κ3) is 6.16. The van der Waals surface area contributed by atoms with Gasteiger partial charge in [-0.2, -0.15) is 0 Å². The average Bonchev–Trinajstić information content (AvgIpc) is 2.81. The number of hydrogen-bond donors (Lipinski definition) is 0. The van der Waals surface area contributed by atoms with Gasteiger partial charge in [-0.25, -0.2) is 9.97 Å². The van der Waals surface area contributed by atoms with E-state index < -0.39 is 0 Å². The van der Waals surface area contributed by atoms with Crippen LogP contribution in [0.2, 0.25) is 0 Å². The molecule has 2 heterocycles. The van der Waals surface area contributed by atoms with Crippen LogP contribution in [0.5, 0.6) is 0 Å². The molecule has 1 saturated heterocycles. The normalized spacial score (nSPS) is 14.9. The fourth-order valence-electron chi connectivity index (χ4n) is 3.34. The van der Waals surface area contributed by atoms with Gasteiger partial charge in [0.1, 0.15) is 16.8 Å². The Morgan fingerprint density at radius 3 is 2.47 bits per heavy atom. The minimum absolute atomic E-state index is 0.0688. The zero-order chi connectivity index (χ0) is 23.1. The van der Waals surface area contributed by atoms with Crippen LogP contribution < -0.4 is 4.90 Å². The summed E-state index contributed by atoms with van der Waals surface area (Å²) in [6.07, 6.45) is 1.04. The molecule has 0 spiro atoms. The Kier molecular flexibility index (Phi) is 8.81. The van der Waals surface area contributed by atoms with Crippen molar-refractivity contribution in [1.82, 2.24) is 14.9 Å². The zero-order valence-corrected chi connectivity index (χ0v) is 20.7. The fraction of sp³-hybridized carbons (Fsp3) is 0.478. The van der Waals surface area contributed by atoms with E-state index in [1.54, 1.807) is 11.8 Å². The number of piperazine rings is 1. The van der Waals surface area contributed by atoms with Crippen molar-refractivity contribution in [3.8, 4) is 0 Å². The van der Waals surface area contributed by atoms with Gasteiger partial charge in [0.25, 0.3) is 12.4 Å². The largest absolute Gasteiger partial charge is 0.456 e. The highest BCUT2D eigenvalue weighted by Crippen LogP contribution is 2.33. The fourth-order valence-corrected chi connectivity index (χ4v) is 4.89. The maximum Gasteiger partial charge on any atom is 0.293 e. The van der Waals surface area contributed by atoms with Gasteiger partial charge in [-0.1, -0.05) is 31.5 Å². The van der Waals surface area contributed by atoms with E-state index >= 15 is 0 Å².